The zero-order chi connectivity index (χ0) is 12.5. The van der Waals surface area contributed by atoms with Crippen molar-refractivity contribution in [1.82, 2.24) is 19.9 Å². The molecule has 2 N–H and O–H groups in total. The van der Waals surface area contributed by atoms with Crippen molar-refractivity contribution in [2.45, 2.75) is 19.8 Å². The van der Waals surface area contributed by atoms with Gasteiger partial charge in [0, 0.05) is 12.7 Å². The summed E-state index contributed by atoms with van der Waals surface area (Å²) in [5, 5.41) is 3.15. The van der Waals surface area contributed by atoms with E-state index in [4.69, 9.17) is 0 Å². The molecule has 0 spiro atoms. The van der Waals surface area contributed by atoms with Gasteiger partial charge < -0.3 is 10.3 Å². The van der Waals surface area contributed by atoms with Gasteiger partial charge >= 0.3 is 0 Å². The van der Waals surface area contributed by atoms with Crippen LogP contribution in [0.3, 0.4) is 0 Å². The quantitative estimate of drug-likeness (QED) is 0.777. The maximum atomic E-state index is 12.0. The lowest BCUT2D eigenvalue weighted by molar-refractivity contribution is 0.799. The Balaban J connectivity index is 2.14. The van der Waals surface area contributed by atoms with Crippen molar-refractivity contribution >= 4 is 5.82 Å². The maximum Gasteiger partial charge on any atom is 0.256 e. The molecular weight excluding hydrogens is 230 g/mol. The van der Waals surface area contributed by atoms with Crippen molar-refractivity contribution in [3.8, 4) is 11.5 Å². The summed E-state index contributed by atoms with van der Waals surface area (Å²) in [5.41, 5.74) is 1.28. The second-order valence-electron chi connectivity index (χ2n) is 4.26. The Morgan fingerprint density at radius 2 is 2.22 bits per heavy atom. The van der Waals surface area contributed by atoms with Gasteiger partial charge in [-0.05, 0) is 25.8 Å². The minimum Gasteiger partial charge on any atom is -0.370 e. The van der Waals surface area contributed by atoms with Gasteiger partial charge in [0.05, 0.1) is 5.56 Å². The molecule has 0 aliphatic carbocycles. The van der Waals surface area contributed by atoms with Crippen LogP contribution in [0.1, 0.15) is 17.8 Å². The van der Waals surface area contributed by atoms with Crippen LogP contribution >= 0.6 is 0 Å². The molecule has 0 amide bonds. The number of nitrogens with zero attached hydrogens (tertiary/aromatic N) is 3. The average Bonchev–Trinajstić information content (AvgIpc) is 2.39. The number of rotatable bonds is 1. The van der Waals surface area contributed by atoms with Gasteiger partial charge in [-0.3, -0.25) is 4.79 Å². The van der Waals surface area contributed by atoms with E-state index in [1.165, 1.54) is 0 Å². The van der Waals surface area contributed by atoms with Gasteiger partial charge in [0.1, 0.15) is 17.3 Å². The highest BCUT2D eigenvalue weighted by Gasteiger charge is 2.16. The minimum absolute atomic E-state index is 0.0848. The first kappa shape index (κ1) is 10.9. The van der Waals surface area contributed by atoms with Crippen LogP contribution in [0.4, 0.5) is 5.82 Å². The van der Waals surface area contributed by atoms with Crippen LogP contribution in [0.15, 0.2) is 17.1 Å². The molecule has 3 rings (SSSR count). The van der Waals surface area contributed by atoms with Gasteiger partial charge in [-0.2, -0.15) is 0 Å². The smallest absolute Gasteiger partial charge is 0.256 e. The normalized spacial score (nSPS) is 13.8. The SMILES string of the molecule is Cc1nccc(-c2nc3c(c(=O)[nH]2)CCCN3)n1. The summed E-state index contributed by atoms with van der Waals surface area (Å²) in [4.78, 5) is 27.5. The van der Waals surface area contributed by atoms with Crippen LogP contribution in [0.2, 0.25) is 0 Å². The number of H-pyrrole nitrogens is 1. The molecule has 2 aromatic heterocycles. The Morgan fingerprint density at radius 3 is 3.06 bits per heavy atom. The van der Waals surface area contributed by atoms with E-state index in [9.17, 15) is 4.79 Å². The molecule has 18 heavy (non-hydrogen) atoms. The van der Waals surface area contributed by atoms with E-state index in [1.54, 1.807) is 19.2 Å². The van der Waals surface area contributed by atoms with Gasteiger partial charge in [-0.1, -0.05) is 0 Å². The fourth-order valence-corrected chi connectivity index (χ4v) is 2.06. The molecule has 0 saturated heterocycles. The number of aryl methyl sites for hydroxylation is 1. The number of nitrogens with one attached hydrogen (secondary N) is 2. The summed E-state index contributed by atoms with van der Waals surface area (Å²) >= 11 is 0. The van der Waals surface area contributed by atoms with E-state index >= 15 is 0 Å². The molecule has 2 aromatic rings. The number of fused-ring (bicyclic) bond motifs is 1. The number of hydrogen-bond donors (Lipinski definition) is 2. The summed E-state index contributed by atoms with van der Waals surface area (Å²) in [6.45, 7) is 2.66. The average molecular weight is 243 g/mol. The number of hydrogen-bond acceptors (Lipinski definition) is 5. The Hall–Kier alpha value is -2.24. The fourth-order valence-electron chi connectivity index (χ4n) is 2.06. The van der Waals surface area contributed by atoms with Crippen LogP contribution in [0.5, 0.6) is 0 Å². The second kappa shape index (κ2) is 4.21. The Morgan fingerprint density at radius 1 is 1.33 bits per heavy atom. The standard InChI is InChI=1S/C12H13N5O/c1-7-13-6-4-9(15-7)11-16-10-8(12(18)17-11)3-2-5-14-10/h4,6H,2-3,5H2,1H3,(H2,14,16,17,18). The van der Waals surface area contributed by atoms with Crippen molar-refractivity contribution in [2.24, 2.45) is 0 Å². The third-order valence-electron chi connectivity index (χ3n) is 2.93. The van der Waals surface area contributed by atoms with Crippen molar-refractivity contribution < 1.29 is 0 Å². The molecule has 0 atom stereocenters. The molecule has 0 saturated carbocycles. The summed E-state index contributed by atoms with van der Waals surface area (Å²) in [7, 11) is 0. The molecule has 3 heterocycles. The molecule has 0 bridgehead atoms. The molecule has 6 heteroatoms. The summed E-state index contributed by atoms with van der Waals surface area (Å²) in [5.74, 6) is 1.82. The Bertz CT molecular complexity index is 649. The summed E-state index contributed by atoms with van der Waals surface area (Å²) < 4.78 is 0. The summed E-state index contributed by atoms with van der Waals surface area (Å²) in [6, 6.07) is 1.74. The van der Waals surface area contributed by atoms with Gasteiger partial charge in [0.25, 0.3) is 5.56 Å². The highest BCUT2D eigenvalue weighted by Crippen LogP contribution is 2.18. The fraction of sp³-hybridized carbons (Fsp3) is 0.333. The van der Waals surface area contributed by atoms with E-state index in [0.717, 1.165) is 24.9 Å². The highest BCUT2D eigenvalue weighted by atomic mass is 16.1. The molecule has 1 aliphatic heterocycles. The molecule has 6 nitrogen and oxygen atoms in total. The van der Waals surface area contributed by atoms with Gasteiger partial charge in [-0.25, -0.2) is 15.0 Å². The lowest BCUT2D eigenvalue weighted by Crippen LogP contribution is -2.24. The lowest BCUT2D eigenvalue weighted by atomic mass is 10.1. The monoisotopic (exact) mass is 243 g/mol. The number of aromatic nitrogens is 4. The Labute approximate surface area is 104 Å². The lowest BCUT2D eigenvalue weighted by Gasteiger charge is -2.16. The van der Waals surface area contributed by atoms with Crippen molar-refractivity contribution in [1.29, 1.82) is 0 Å². The van der Waals surface area contributed by atoms with Crippen LogP contribution in [0.25, 0.3) is 11.5 Å². The first-order valence-corrected chi connectivity index (χ1v) is 5.91. The van der Waals surface area contributed by atoms with Gasteiger partial charge in [0.15, 0.2) is 5.82 Å². The van der Waals surface area contributed by atoms with Gasteiger partial charge in [-0.15, -0.1) is 0 Å². The van der Waals surface area contributed by atoms with E-state index in [1.807, 2.05) is 0 Å². The van der Waals surface area contributed by atoms with E-state index < -0.39 is 0 Å². The first-order valence-electron chi connectivity index (χ1n) is 5.91. The summed E-state index contributed by atoms with van der Waals surface area (Å²) in [6.07, 6.45) is 3.39. The van der Waals surface area contributed by atoms with Crippen molar-refractivity contribution in [3.63, 3.8) is 0 Å². The number of anilines is 1. The Kier molecular flexibility index (Phi) is 2.55. The molecular formula is C12H13N5O. The molecule has 0 radical (unpaired) electrons. The van der Waals surface area contributed by atoms with Crippen LogP contribution in [0, 0.1) is 6.92 Å². The molecule has 1 aliphatic rings. The predicted octanol–water partition coefficient (Wildman–Crippen LogP) is 0.893. The molecule has 0 fully saturated rings. The van der Waals surface area contributed by atoms with E-state index in [0.29, 0.717) is 23.2 Å². The van der Waals surface area contributed by atoms with E-state index in [2.05, 4.69) is 25.3 Å². The zero-order valence-electron chi connectivity index (χ0n) is 10.0. The maximum absolute atomic E-state index is 12.0. The van der Waals surface area contributed by atoms with Crippen LogP contribution in [-0.2, 0) is 6.42 Å². The van der Waals surface area contributed by atoms with Gasteiger partial charge in [0.2, 0.25) is 0 Å². The third-order valence-corrected chi connectivity index (χ3v) is 2.93. The third kappa shape index (κ3) is 1.85. The molecule has 0 unspecified atom stereocenters. The predicted molar refractivity (Wildman–Crippen MR) is 67.4 cm³/mol. The van der Waals surface area contributed by atoms with Crippen LogP contribution < -0.4 is 10.9 Å². The second-order valence-corrected chi connectivity index (χ2v) is 4.26. The van der Waals surface area contributed by atoms with E-state index in [-0.39, 0.29) is 5.56 Å². The van der Waals surface area contributed by atoms with Crippen molar-refractivity contribution in [2.75, 3.05) is 11.9 Å². The molecule has 92 valence electrons. The zero-order valence-corrected chi connectivity index (χ0v) is 10.0. The molecule has 0 aromatic carbocycles. The largest absolute Gasteiger partial charge is 0.370 e. The highest BCUT2D eigenvalue weighted by molar-refractivity contribution is 5.55. The van der Waals surface area contributed by atoms with Crippen LogP contribution in [-0.4, -0.2) is 26.5 Å². The van der Waals surface area contributed by atoms with Crippen molar-refractivity contribution in [3.05, 3.63) is 34.0 Å². The topological polar surface area (TPSA) is 83.6 Å². The minimum atomic E-state index is -0.0848. The number of aromatic amines is 1. The first-order chi connectivity index (χ1) is 8.74.